The van der Waals surface area contributed by atoms with Crippen molar-refractivity contribution < 1.29 is 0 Å². The average molecular weight is 323 g/mol. The van der Waals surface area contributed by atoms with Gasteiger partial charge in [0.05, 0.1) is 10.7 Å². The molecule has 0 aliphatic heterocycles. The number of halogens is 1. The van der Waals surface area contributed by atoms with Gasteiger partial charge in [0.15, 0.2) is 0 Å². The second-order valence-electron chi connectivity index (χ2n) is 5.57. The van der Waals surface area contributed by atoms with Gasteiger partial charge in [-0.15, -0.1) is 11.3 Å². The Morgan fingerprint density at radius 3 is 2.57 bits per heavy atom. The number of aromatic nitrogens is 1. The Bertz CT molecular complexity index is 561. The SMILES string of the molecule is CCCc1nc(Cc2ccc(Cl)cc2)sc1CNC(C)C. The largest absolute Gasteiger partial charge is 0.310 e. The Morgan fingerprint density at radius 1 is 1.24 bits per heavy atom. The van der Waals surface area contributed by atoms with Crippen molar-refractivity contribution in [2.24, 2.45) is 0 Å². The molecule has 2 rings (SSSR count). The van der Waals surface area contributed by atoms with E-state index in [0.29, 0.717) is 6.04 Å². The number of nitrogens with one attached hydrogen (secondary N) is 1. The number of benzene rings is 1. The quantitative estimate of drug-likeness (QED) is 0.789. The number of rotatable bonds is 7. The maximum Gasteiger partial charge on any atom is 0.0975 e. The summed E-state index contributed by atoms with van der Waals surface area (Å²) in [5.41, 5.74) is 2.53. The standard InChI is InChI=1S/C17H23ClN2S/c1-4-5-15-16(11-19-12(2)3)21-17(20-15)10-13-6-8-14(18)9-7-13/h6-9,12,19H,4-5,10-11H2,1-3H3. The molecule has 4 heteroatoms. The van der Waals surface area contributed by atoms with Gasteiger partial charge >= 0.3 is 0 Å². The van der Waals surface area contributed by atoms with E-state index in [-0.39, 0.29) is 0 Å². The van der Waals surface area contributed by atoms with E-state index in [1.54, 1.807) is 0 Å². The maximum absolute atomic E-state index is 5.93. The molecule has 21 heavy (non-hydrogen) atoms. The van der Waals surface area contributed by atoms with Crippen LogP contribution in [0.25, 0.3) is 0 Å². The van der Waals surface area contributed by atoms with Crippen LogP contribution in [0.5, 0.6) is 0 Å². The van der Waals surface area contributed by atoms with Gasteiger partial charge < -0.3 is 5.32 Å². The van der Waals surface area contributed by atoms with Crippen molar-refractivity contribution in [2.45, 2.75) is 52.6 Å². The van der Waals surface area contributed by atoms with Crippen molar-refractivity contribution >= 4 is 22.9 Å². The topological polar surface area (TPSA) is 24.9 Å². The summed E-state index contributed by atoms with van der Waals surface area (Å²) in [5, 5.41) is 5.48. The molecule has 1 N–H and O–H groups in total. The molecule has 1 aromatic carbocycles. The van der Waals surface area contributed by atoms with Crippen molar-refractivity contribution in [3.05, 3.63) is 50.4 Å². The molecule has 114 valence electrons. The van der Waals surface area contributed by atoms with Crippen LogP contribution in [0.3, 0.4) is 0 Å². The number of hydrogen-bond acceptors (Lipinski definition) is 3. The first kappa shape index (κ1) is 16.5. The fraction of sp³-hybridized carbons (Fsp3) is 0.471. The van der Waals surface area contributed by atoms with Gasteiger partial charge in [-0.3, -0.25) is 0 Å². The number of thiazole rings is 1. The fourth-order valence-corrected chi connectivity index (χ4v) is 3.38. The molecular weight excluding hydrogens is 300 g/mol. The summed E-state index contributed by atoms with van der Waals surface area (Å²) < 4.78 is 0. The molecule has 1 aromatic heterocycles. The molecule has 0 fully saturated rings. The van der Waals surface area contributed by atoms with E-state index in [0.717, 1.165) is 30.8 Å². The lowest BCUT2D eigenvalue weighted by Gasteiger charge is -2.07. The minimum atomic E-state index is 0.501. The summed E-state index contributed by atoms with van der Waals surface area (Å²) >= 11 is 7.77. The summed E-state index contributed by atoms with van der Waals surface area (Å²) in [4.78, 5) is 6.22. The van der Waals surface area contributed by atoms with Crippen molar-refractivity contribution in [2.75, 3.05) is 0 Å². The van der Waals surface area contributed by atoms with Crippen molar-refractivity contribution in [3.63, 3.8) is 0 Å². The van der Waals surface area contributed by atoms with Crippen LogP contribution in [0, 0.1) is 0 Å². The number of nitrogens with zero attached hydrogens (tertiary/aromatic N) is 1. The lowest BCUT2D eigenvalue weighted by atomic mass is 10.1. The molecule has 2 aromatic rings. The van der Waals surface area contributed by atoms with E-state index < -0.39 is 0 Å². The highest BCUT2D eigenvalue weighted by Gasteiger charge is 2.11. The Balaban J connectivity index is 2.12. The summed E-state index contributed by atoms with van der Waals surface area (Å²) in [6, 6.07) is 8.54. The molecule has 0 unspecified atom stereocenters. The van der Waals surface area contributed by atoms with Crippen LogP contribution in [0.15, 0.2) is 24.3 Å². The van der Waals surface area contributed by atoms with Gasteiger partial charge in [0.25, 0.3) is 0 Å². The highest BCUT2D eigenvalue weighted by Crippen LogP contribution is 2.23. The third-order valence-electron chi connectivity index (χ3n) is 3.25. The average Bonchev–Trinajstić information content (AvgIpc) is 2.81. The van der Waals surface area contributed by atoms with Crippen LogP contribution in [0.1, 0.15) is 48.3 Å². The molecule has 0 saturated heterocycles. The van der Waals surface area contributed by atoms with Gasteiger partial charge in [-0.1, -0.05) is 50.9 Å². The zero-order valence-electron chi connectivity index (χ0n) is 12.9. The van der Waals surface area contributed by atoms with E-state index >= 15 is 0 Å². The molecule has 0 saturated carbocycles. The second-order valence-corrected chi connectivity index (χ2v) is 7.17. The van der Waals surface area contributed by atoms with Crippen LogP contribution in [-0.2, 0) is 19.4 Å². The van der Waals surface area contributed by atoms with E-state index in [4.69, 9.17) is 16.6 Å². The minimum absolute atomic E-state index is 0.501. The Morgan fingerprint density at radius 2 is 1.95 bits per heavy atom. The highest BCUT2D eigenvalue weighted by molar-refractivity contribution is 7.11. The van der Waals surface area contributed by atoms with Crippen LogP contribution >= 0.6 is 22.9 Å². The van der Waals surface area contributed by atoms with Crippen LogP contribution in [0.4, 0.5) is 0 Å². The number of hydrogen-bond donors (Lipinski definition) is 1. The third kappa shape index (κ3) is 5.10. The smallest absolute Gasteiger partial charge is 0.0975 e. The van der Waals surface area contributed by atoms with Gasteiger partial charge in [-0.2, -0.15) is 0 Å². The lowest BCUT2D eigenvalue weighted by Crippen LogP contribution is -2.21. The Labute approximate surface area is 136 Å². The Kier molecular flexibility index (Phi) is 6.22. The summed E-state index contributed by atoms with van der Waals surface area (Å²) in [5.74, 6) is 0. The molecule has 0 radical (unpaired) electrons. The van der Waals surface area contributed by atoms with Gasteiger partial charge in [0.1, 0.15) is 0 Å². The zero-order valence-corrected chi connectivity index (χ0v) is 14.5. The van der Waals surface area contributed by atoms with E-state index in [1.807, 2.05) is 23.5 Å². The second kappa shape index (κ2) is 7.92. The molecule has 2 nitrogen and oxygen atoms in total. The van der Waals surface area contributed by atoms with Crippen LogP contribution in [-0.4, -0.2) is 11.0 Å². The molecule has 0 atom stereocenters. The predicted octanol–water partition coefficient (Wildman–Crippen LogP) is 4.84. The van der Waals surface area contributed by atoms with Gasteiger partial charge in [-0.25, -0.2) is 4.98 Å². The molecular formula is C17H23ClN2S. The predicted molar refractivity (Wildman–Crippen MR) is 92.3 cm³/mol. The van der Waals surface area contributed by atoms with E-state index in [1.165, 1.54) is 21.1 Å². The first-order chi connectivity index (χ1) is 10.1. The van der Waals surface area contributed by atoms with Crippen molar-refractivity contribution in [1.29, 1.82) is 0 Å². The summed E-state index contributed by atoms with van der Waals surface area (Å²) in [6.45, 7) is 7.48. The van der Waals surface area contributed by atoms with E-state index in [9.17, 15) is 0 Å². The first-order valence-corrected chi connectivity index (χ1v) is 8.73. The monoisotopic (exact) mass is 322 g/mol. The van der Waals surface area contributed by atoms with Gasteiger partial charge in [0, 0.05) is 28.9 Å². The summed E-state index contributed by atoms with van der Waals surface area (Å²) in [6.07, 6.45) is 3.09. The van der Waals surface area contributed by atoms with Crippen LogP contribution < -0.4 is 5.32 Å². The molecule has 1 heterocycles. The summed E-state index contributed by atoms with van der Waals surface area (Å²) in [7, 11) is 0. The zero-order chi connectivity index (χ0) is 15.2. The minimum Gasteiger partial charge on any atom is -0.310 e. The highest BCUT2D eigenvalue weighted by atomic mass is 35.5. The normalized spacial score (nSPS) is 11.3. The lowest BCUT2D eigenvalue weighted by molar-refractivity contribution is 0.589. The van der Waals surface area contributed by atoms with E-state index in [2.05, 4.69) is 38.2 Å². The molecule has 0 aliphatic carbocycles. The van der Waals surface area contributed by atoms with Gasteiger partial charge in [0.2, 0.25) is 0 Å². The molecule has 0 aliphatic rings. The third-order valence-corrected chi connectivity index (χ3v) is 4.60. The fourth-order valence-electron chi connectivity index (χ4n) is 2.16. The first-order valence-electron chi connectivity index (χ1n) is 7.53. The van der Waals surface area contributed by atoms with Gasteiger partial charge in [-0.05, 0) is 24.1 Å². The van der Waals surface area contributed by atoms with Crippen LogP contribution in [0.2, 0.25) is 5.02 Å². The number of aryl methyl sites for hydroxylation is 1. The Hall–Kier alpha value is -0.900. The molecule has 0 spiro atoms. The molecule has 0 amide bonds. The van der Waals surface area contributed by atoms with Crippen molar-refractivity contribution in [3.8, 4) is 0 Å². The maximum atomic E-state index is 5.93. The molecule has 0 bridgehead atoms. The van der Waals surface area contributed by atoms with Crippen molar-refractivity contribution in [1.82, 2.24) is 10.3 Å².